The second-order valence-electron chi connectivity index (χ2n) is 0.780. The molecule has 0 saturated heterocycles. The van der Waals surface area contributed by atoms with Crippen LogP contribution in [0.1, 0.15) is 6.42 Å². The Morgan fingerprint density at radius 3 is 2.29 bits per heavy atom. The summed E-state index contributed by atoms with van der Waals surface area (Å²) in [4.78, 5) is 9.52. The van der Waals surface area contributed by atoms with Gasteiger partial charge in [0.05, 0.1) is 0 Å². The molecule has 0 rings (SSSR count). The Kier molecular flexibility index (Phi) is 10.5. The topological polar surface area (TPSA) is 37.3 Å². The molecule has 0 fully saturated rings. The van der Waals surface area contributed by atoms with Crippen molar-refractivity contribution in [3.8, 4) is 0 Å². The summed E-state index contributed by atoms with van der Waals surface area (Å²) in [6.07, 6.45) is 0.0309. The molecular formula is C3H5NaO2S. The van der Waals surface area contributed by atoms with E-state index in [1.54, 1.807) is 0 Å². The predicted octanol–water partition coefficient (Wildman–Crippen LogP) is -2.44. The predicted molar refractivity (Wildman–Crippen MR) is 25.5 cm³/mol. The molecule has 0 amide bonds. The average molecular weight is 128 g/mol. The van der Waals surface area contributed by atoms with Crippen LogP contribution in [0.5, 0.6) is 0 Å². The van der Waals surface area contributed by atoms with Crippen molar-refractivity contribution in [3.05, 3.63) is 5.75 Å². The first-order chi connectivity index (χ1) is 2.77. The summed E-state index contributed by atoms with van der Waals surface area (Å²) < 4.78 is 0. The van der Waals surface area contributed by atoms with Gasteiger partial charge in [-0.25, -0.2) is 0 Å². The van der Waals surface area contributed by atoms with Crippen molar-refractivity contribution in [2.24, 2.45) is 0 Å². The van der Waals surface area contributed by atoms with Gasteiger partial charge in [-0.3, -0.25) is 10.5 Å². The van der Waals surface area contributed by atoms with Crippen LogP contribution in [-0.2, 0) is 4.79 Å². The van der Waals surface area contributed by atoms with Gasteiger partial charge in [0.25, 0.3) is 5.97 Å². The van der Waals surface area contributed by atoms with Crippen molar-refractivity contribution in [1.82, 2.24) is 0 Å². The zero-order valence-electron chi connectivity index (χ0n) is 4.09. The summed E-state index contributed by atoms with van der Waals surface area (Å²) in [6.45, 7) is 0. The molecule has 1 N–H and O–H groups in total. The first-order valence-corrected chi connectivity index (χ1v) is 1.96. The number of thiol groups is 1. The molecule has 0 spiro atoms. The van der Waals surface area contributed by atoms with Crippen LogP contribution < -0.4 is 29.6 Å². The molecule has 0 heterocycles. The number of hydrogen-bond acceptors (Lipinski definition) is 2. The third-order valence-corrected chi connectivity index (χ3v) is 0.448. The first kappa shape index (κ1) is 10.7. The van der Waals surface area contributed by atoms with E-state index in [1.807, 2.05) is 0 Å². The third kappa shape index (κ3) is 10.9. The van der Waals surface area contributed by atoms with Gasteiger partial charge in [0.1, 0.15) is 0 Å². The number of rotatable bonds is 2. The monoisotopic (exact) mass is 128 g/mol. The Morgan fingerprint density at radius 1 is 1.86 bits per heavy atom. The van der Waals surface area contributed by atoms with Crippen LogP contribution in [0.4, 0.5) is 0 Å². The average Bonchev–Trinajstić information content (AvgIpc) is 1.35. The third-order valence-electron chi connectivity index (χ3n) is 0.266. The molecule has 0 aliphatic rings. The van der Waals surface area contributed by atoms with Crippen molar-refractivity contribution in [2.75, 3.05) is 0 Å². The van der Waals surface area contributed by atoms with Crippen LogP contribution in [0.3, 0.4) is 0 Å². The summed E-state index contributed by atoms with van der Waals surface area (Å²) in [5.74, 6) is 0.451. The molecule has 36 valence electrons. The van der Waals surface area contributed by atoms with Crippen LogP contribution in [0, 0.1) is 5.75 Å². The van der Waals surface area contributed by atoms with Gasteiger partial charge in [-0.2, -0.15) is 0 Å². The molecule has 0 saturated carbocycles. The second-order valence-corrected chi connectivity index (χ2v) is 1.15. The number of carbonyl (C=O) groups is 1. The Balaban J connectivity index is 0. The fourth-order valence-electron chi connectivity index (χ4n) is 0.0781. The first-order valence-electron chi connectivity index (χ1n) is 1.45. The molecule has 0 bridgehead atoms. The quantitative estimate of drug-likeness (QED) is 0.246. The molecule has 0 atom stereocenters. The van der Waals surface area contributed by atoms with Crippen LogP contribution in [0.25, 0.3) is 0 Å². The molecule has 0 aromatic heterocycles. The SMILES string of the molecule is O=C(O)C[CH-]S.[Na+]. The largest absolute Gasteiger partial charge is 1.00 e. The van der Waals surface area contributed by atoms with Gasteiger partial charge in [0.2, 0.25) is 0 Å². The molecule has 0 aliphatic heterocycles. The van der Waals surface area contributed by atoms with E-state index in [0.29, 0.717) is 0 Å². The standard InChI is InChI=1S/C3H5O2S.Na/c4-3(5)1-2-6;/h2,6H,1H2,(H,4,5);/q-1;+1. The molecule has 0 radical (unpaired) electrons. The van der Waals surface area contributed by atoms with Crippen LogP contribution >= 0.6 is 12.6 Å². The van der Waals surface area contributed by atoms with E-state index in [4.69, 9.17) is 5.11 Å². The fraction of sp³-hybridized carbons (Fsp3) is 0.333. The molecule has 0 aromatic carbocycles. The van der Waals surface area contributed by atoms with Gasteiger partial charge < -0.3 is 17.7 Å². The maximum Gasteiger partial charge on any atom is 1.00 e. The molecule has 0 aromatic rings. The Labute approximate surface area is 70.0 Å². The van der Waals surface area contributed by atoms with Gasteiger partial charge in [0, 0.05) is 0 Å². The summed E-state index contributed by atoms with van der Waals surface area (Å²) in [6, 6.07) is 0. The zero-order chi connectivity index (χ0) is 4.99. The maximum atomic E-state index is 9.52. The smallest absolute Gasteiger partial charge is 0.483 e. The Bertz CT molecular complexity index is 56.9. The number of carboxylic acids is 1. The maximum absolute atomic E-state index is 9.52. The molecule has 0 aliphatic carbocycles. The van der Waals surface area contributed by atoms with Gasteiger partial charge >= 0.3 is 29.6 Å². The van der Waals surface area contributed by atoms with E-state index in [0.717, 1.165) is 0 Å². The normalized spacial score (nSPS) is 7.00. The van der Waals surface area contributed by atoms with Crippen molar-refractivity contribution in [3.63, 3.8) is 0 Å². The number of aliphatic carboxylic acids is 1. The van der Waals surface area contributed by atoms with Gasteiger partial charge in [-0.05, 0) is 0 Å². The van der Waals surface area contributed by atoms with Crippen molar-refractivity contribution in [1.29, 1.82) is 0 Å². The molecule has 7 heavy (non-hydrogen) atoms. The van der Waals surface area contributed by atoms with Crippen molar-refractivity contribution >= 4 is 18.6 Å². The fourth-order valence-corrected chi connectivity index (χ4v) is 0.234. The van der Waals surface area contributed by atoms with E-state index in [2.05, 4.69) is 12.6 Å². The van der Waals surface area contributed by atoms with Gasteiger partial charge in [0.15, 0.2) is 0 Å². The summed E-state index contributed by atoms with van der Waals surface area (Å²) in [7, 11) is 0. The molecule has 4 heteroatoms. The van der Waals surface area contributed by atoms with Gasteiger partial charge in [-0.15, -0.1) is 0 Å². The molecule has 2 nitrogen and oxygen atoms in total. The molecular weight excluding hydrogens is 123 g/mol. The van der Waals surface area contributed by atoms with E-state index in [1.165, 1.54) is 5.75 Å². The number of carboxylic acid groups (broad SMARTS) is 1. The van der Waals surface area contributed by atoms with Crippen LogP contribution in [0.2, 0.25) is 0 Å². The summed E-state index contributed by atoms with van der Waals surface area (Å²) >= 11 is 3.55. The Morgan fingerprint density at radius 2 is 2.29 bits per heavy atom. The molecule has 0 unspecified atom stereocenters. The minimum Gasteiger partial charge on any atom is -0.483 e. The second kappa shape index (κ2) is 6.82. The van der Waals surface area contributed by atoms with Gasteiger partial charge in [-0.1, -0.05) is 6.42 Å². The van der Waals surface area contributed by atoms with E-state index in [9.17, 15) is 4.79 Å². The zero-order valence-corrected chi connectivity index (χ0v) is 6.98. The van der Waals surface area contributed by atoms with Crippen molar-refractivity contribution in [2.45, 2.75) is 6.42 Å². The van der Waals surface area contributed by atoms with E-state index in [-0.39, 0.29) is 36.0 Å². The van der Waals surface area contributed by atoms with Crippen LogP contribution in [0.15, 0.2) is 0 Å². The van der Waals surface area contributed by atoms with Crippen LogP contribution in [-0.4, -0.2) is 11.1 Å². The Hall–Kier alpha value is 0.820. The summed E-state index contributed by atoms with van der Waals surface area (Å²) in [5, 5.41) is 7.83. The number of hydrogen-bond donors (Lipinski definition) is 2. The minimum absolute atomic E-state index is 0. The summed E-state index contributed by atoms with van der Waals surface area (Å²) in [5.41, 5.74) is 0. The van der Waals surface area contributed by atoms with E-state index < -0.39 is 5.97 Å². The van der Waals surface area contributed by atoms with Crippen molar-refractivity contribution < 1.29 is 39.5 Å². The van der Waals surface area contributed by atoms with E-state index >= 15 is 0 Å². The minimum atomic E-state index is -0.843.